The van der Waals surface area contributed by atoms with Gasteiger partial charge < -0.3 is 10.1 Å². The fraction of sp³-hybridized carbons (Fsp3) is 0.0833. The van der Waals surface area contributed by atoms with E-state index in [1.54, 1.807) is 30.6 Å². The molecule has 0 spiro atoms. The molecule has 0 fully saturated rings. The predicted molar refractivity (Wildman–Crippen MR) is 69.9 cm³/mol. The molecule has 2 heterocycles. The molecule has 0 aliphatic carbocycles. The Balaban J connectivity index is 1.89. The summed E-state index contributed by atoms with van der Waals surface area (Å²) in [7, 11) is -1.35. The number of aromatic amines is 1. The van der Waals surface area contributed by atoms with Crippen LogP contribution in [0.15, 0.2) is 41.8 Å². The van der Waals surface area contributed by atoms with Crippen LogP contribution in [0.3, 0.4) is 0 Å². The molecule has 3 aromatic rings. The number of hydrogen-bond donors (Lipinski definition) is 2. The Morgan fingerprint density at radius 1 is 1.26 bits per heavy atom. The molecule has 2 aromatic heterocycles. The summed E-state index contributed by atoms with van der Waals surface area (Å²) in [6, 6.07) is 6.45. The van der Waals surface area contributed by atoms with Gasteiger partial charge in [0.15, 0.2) is 5.16 Å². The van der Waals surface area contributed by atoms with E-state index in [0.717, 1.165) is 0 Å². The van der Waals surface area contributed by atoms with E-state index in [4.69, 9.17) is 0 Å². The first-order chi connectivity index (χ1) is 9.22. The van der Waals surface area contributed by atoms with Crippen molar-refractivity contribution in [2.24, 2.45) is 0 Å². The maximum Gasteiger partial charge on any atom is 0.197 e. The average Bonchev–Trinajstić information content (AvgIpc) is 2.83. The highest BCUT2D eigenvalue weighted by Crippen LogP contribution is 2.19. The predicted octanol–water partition coefficient (Wildman–Crippen LogP) is 1.37. The molecule has 6 nitrogen and oxygen atoms in total. The third kappa shape index (κ3) is 2.45. The molecule has 2 N–H and O–H groups in total. The second-order valence-corrected chi connectivity index (χ2v) is 5.26. The lowest BCUT2D eigenvalue weighted by atomic mass is 10.3. The van der Waals surface area contributed by atoms with E-state index in [2.05, 4.69) is 19.9 Å². The lowest BCUT2D eigenvalue weighted by Gasteiger charge is -1.96. The molecule has 0 saturated carbocycles. The zero-order valence-corrected chi connectivity index (χ0v) is 10.6. The van der Waals surface area contributed by atoms with Crippen LogP contribution in [0, 0.1) is 0 Å². The van der Waals surface area contributed by atoms with Gasteiger partial charge in [-0.2, -0.15) is 0 Å². The lowest BCUT2D eigenvalue weighted by molar-refractivity contribution is 0.476. The molecule has 96 valence electrons. The summed E-state index contributed by atoms with van der Waals surface area (Å²) in [5.41, 5.74) is 1.31. The normalized spacial score (nSPS) is 12.6. The van der Waals surface area contributed by atoms with Crippen LogP contribution in [0.2, 0.25) is 0 Å². The molecule has 1 unspecified atom stereocenters. The number of benzene rings is 1. The molecule has 0 aliphatic rings. The van der Waals surface area contributed by atoms with Gasteiger partial charge in [-0.25, -0.2) is 15.0 Å². The van der Waals surface area contributed by atoms with E-state index in [0.29, 0.717) is 22.0 Å². The molecular formula is C12H10N4O2S. The van der Waals surface area contributed by atoms with Gasteiger partial charge in [0, 0.05) is 18.5 Å². The summed E-state index contributed by atoms with van der Waals surface area (Å²) in [6.45, 7) is 0. The summed E-state index contributed by atoms with van der Waals surface area (Å²) >= 11 is 0. The van der Waals surface area contributed by atoms with Crippen molar-refractivity contribution in [1.29, 1.82) is 0 Å². The second kappa shape index (κ2) is 4.77. The van der Waals surface area contributed by atoms with Gasteiger partial charge in [-0.15, -0.1) is 0 Å². The van der Waals surface area contributed by atoms with Gasteiger partial charge in [0.05, 0.1) is 27.6 Å². The second-order valence-electron chi connectivity index (χ2n) is 3.90. The van der Waals surface area contributed by atoms with E-state index in [1.807, 2.05) is 0 Å². The summed E-state index contributed by atoms with van der Waals surface area (Å²) in [5.74, 6) is 0.844. The Morgan fingerprint density at radius 3 is 2.84 bits per heavy atom. The van der Waals surface area contributed by atoms with Crippen molar-refractivity contribution in [2.45, 2.75) is 10.9 Å². The minimum absolute atomic E-state index is 0.139. The number of phenols is 1. The number of H-pyrrole nitrogens is 1. The number of imidazole rings is 1. The van der Waals surface area contributed by atoms with Gasteiger partial charge in [0.2, 0.25) is 0 Å². The SMILES string of the molecule is O=S(Cc1ncccn1)c1nc2ccc(O)cc2[nH]1. The number of nitrogens with zero attached hydrogens (tertiary/aromatic N) is 3. The van der Waals surface area contributed by atoms with E-state index < -0.39 is 10.8 Å². The monoisotopic (exact) mass is 274 g/mol. The number of aromatic hydroxyl groups is 1. The quantitative estimate of drug-likeness (QED) is 0.752. The lowest BCUT2D eigenvalue weighted by Crippen LogP contribution is -2.02. The third-order valence-corrected chi connectivity index (χ3v) is 3.68. The van der Waals surface area contributed by atoms with Crippen LogP contribution in [-0.2, 0) is 16.6 Å². The van der Waals surface area contributed by atoms with Crippen molar-refractivity contribution in [1.82, 2.24) is 19.9 Å². The zero-order chi connectivity index (χ0) is 13.2. The van der Waals surface area contributed by atoms with E-state index in [9.17, 15) is 9.32 Å². The smallest absolute Gasteiger partial charge is 0.197 e. The first kappa shape index (κ1) is 11.8. The molecule has 0 bridgehead atoms. The highest BCUT2D eigenvalue weighted by molar-refractivity contribution is 7.84. The molecule has 0 saturated heterocycles. The average molecular weight is 274 g/mol. The van der Waals surface area contributed by atoms with Crippen LogP contribution in [0.4, 0.5) is 0 Å². The first-order valence-electron chi connectivity index (χ1n) is 5.55. The minimum atomic E-state index is -1.35. The van der Waals surface area contributed by atoms with Crippen molar-refractivity contribution < 1.29 is 9.32 Å². The molecule has 19 heavy (non-hydrogen) atoms. The third-order valence-electron chi connectivity index (χ3n) is 2.54. The van der Waals surface area contributed by atoms with Crippen LogP contribution < -0.4 is 0 Å². The fourth-order valence-corrected chi connectivity index (χ4v) is 2.62. The van der Waals surface area contributed by atoms with Crippen LogP contribution in [0.5, 0.6) is 5.75 Å². The van der Waals surface area contributed by atoms with Gasteiger partial charge in [-0.05, 0) is 18.2 Å². The molecule has 1 atom stereocenters. The Labute approximate surface area is 111 Å². The summed E-state index contributed by atoms with van der Waals surface area (Å²) in [5, 5.41) is 9.72. The molecule has 0 amide bonds. The van der Waals surface area contributed by atoms with Gasteiger partial charge in [-0.3, -0.25) is 4.21 Å². The molecule has 1 aromatic carbocycles. The van der Waals surface area contributed by atoms with Gasteiger partial charge in [0.25, 0.3) is 0 Å². The molecule has 0 aliphatic heterocycles. The zero-order valence-electron chi connectivity index (χ0n) is 9.78. The van der Waals surface area contributed by atoms with Crippen LogP contribution in [0.1, 0.15) is 5.82 Å². The number of rotatable bonds is 3. The topological polar surface area (TPSA) is 91.8 Å². The van der Waals surface area contributed by atoms with Crippen molar-refractivity contribution in [3.05, 3.63) is 42.5 Å². The highest BCUT2D eigenvalue weighted by Gasteiger charge is 2.12. The molecular weight excluding hydrogens is 264 g/mol. The Bertz CT molecular complexity index is 742. The Hall–Kier alpha value is -2.28. The van der Waals surface area contributed by atoms with Crippen molar-refractivity contribution in [3.63, 3.8) is 0 Å². The fourth-order valence-electron chi connectivity index (χ4n) is 1.67. The van der Waals surface area contributed by atoms with Crippen LogP contribution >= 0.6 is 0 Å². The van der Waals surface area contributed by atoms with Crippen LogP contribution in [-0.4, -0.2) is 29.3 Å². The Morgan fingerprint density at radius 2 is 2.05 bits per heavy atom. The van der Waals surface area contributed by atoms with Crippen molar-refractivity contribution in [2.75, 3.05) is 0 Å². The van der Waals surface area contributed by atoms with Gasteiger partial charge in [-0.1, -0.05) is 0 Å². The summed E-state index contributed by atoms with van der Waals surface area (Å²) in [6.07, 6.45) is 3.21. The summed E-state index contributed by atoms with van der Waals surface area (Å²) in [4.78, 5) is 15.2. The standard InChI is InChI=1S/C12H10N4O2S/c17-8-2-3-9-10(6-8)16-12(15-9)19(18)7-11-13-4-1-5-14-11/h1-6,17H,7H2,(H,15,16). The summed E-state index contributed by atoms with van der Waals surface area (Å²) < 4.78 is 12.1. The van der Waals surface area contributed by atoms with Crippen molar-refractivity contribution in [3.8, 4) is 5.75 Å². The molecule has 3 rings (SSSR count). The van der Waals surface area contributed by atoms with Crippen LogP contribution in [0.25, 0.3) is 11.0 Å². The van der Waals surface area contributed by atoms with Crippen molar-refractivity contribution >= 4 is 21.8 Å². The van der Waals surface area contributed by atoms with E-state index in [1.165, 1.54) is 6.07 Å². The van der Waals surface area contributed by atoms with E-state index in [-0.39, 0.29) is 11.5 Å². The van der Waals surface area contributed by atoms with Gasteiger partial charge in [0.1, 0.15) is 11.6 Å². The van der Waals surface area contributed by atoms with E-state index >= 15 is 0 Å². The minimum Gasteiger partial charge on any atom is -0.508 e. The number of nitrogens with one attached hydrogen (secondary N) is 1. The largest absolute Gasteiger partial charge is 0.508 e. The Kier molecular flexibility index (Phi) is 2.96. The number of fused-ring (bicyclic) bond motifs is 1. The molecule has 7 heteroatoms. The maximum atomic E-state index is 12.1. The first-order valence-corrected chi connectivity index (χ1v) is 6.87. The number of aromatic nitrogens is 4. The number of phenolic OH excluding ortho intramolecular Hbond substituents is 1. The maximum absolute atomic E-state index is 12.1. The number of hydrogen-bond acceptors (Lipinski definition) is 5. The van der Waals surface area contributed by atoms with Gasteiger partial charge >= 0.3 is 0 Å². The molecule has 0 radical (unpaired) electrons. The highest BCUT2D eigenvalue weighted by atomic mass is 32.2.